The van der Waals surface area contributed by atoms with Gasteiger partial charge in [0, 0.05) is 73.1 Å². The predicted molar refractivity (Wildman–Crippen MR) is 166 cm³/mol. The van der Waals surface area contributed by atoms with E-state index in [1.54, 1.807) is 23.9 Å². The van der Waals surface area contributed by atoms with Gasteiger partial charge in [0.25, 0.3) is 5.69 Å². The molecule has 3 aromatic carbocycles. The molecule has 0 radical (unpaired) electrons. The molecule has 0 unspecified atom stereocenters. The summed E-state index contributed by atoms with van der Waals surface area (Å²) in [5.74, 6) is 0.820. The molecular weight excluding hydrogens is 526 g/mol. The zero-order valence-electron chi connectivity index (χ0n) is 22.1. The van der Waals surface area contributed by atoms with Crippen LogP contribution in [0.3, 0.4) is 0 Å². The van der Waals surface area contributed by atoms with E-state index in [1.807, 2.05) is 30.3 Å². The van der Waals surface area contributed by atoms with Crippen molar-refractivity contribution >= 4 is 40.8 Å². The number of piperazine rings is 1. The molecule has 9 heteroatoms. The van der Waals surface area contributed by atoms with Gasteiger partial charge in [-0.1, -0.05) is 49.6 Å². The molecule has 0 aliphatic carbocycles. The van der Waals surface area contributed by atoms with E-state index < -0.39 is 0 Å². The molecule has 7 nitrogen and oxygen atoms in total. The van der Waals surface area contributed by atoms with Gasteiger partial charge in [0.05, 0.1) is 4.92 Å². The molecule has 0 saturated carbocycles. The number of hydrogen-bond donors (Lipinski definition) is 2. The van der Waals surface area contributed by atoms with Gasteiger partial charge in [-0.05, 0) is 59.5 Å². The topological polar surface area (TPSA) is 73.7 Å². The van der Waals surface area contributed by atoms with Gasteiger partial charge in [-0.3, -0.25) is 19.7 Å². The van der Waals surface area contributed by atoms with Gasteiger partial charge in [0.15, 0.2) is 0 Å². The van der Waals surface area contributed by atoms with E-state index in [4.69, 9.17) is 0 Å². The molecular formula is C30H35N5O2S2. The lowest BCUT2D eigenvalue weighted by Gasteiger charge is -2.36. The maximum absolute atomic E-state index is 11.7. The number of nitrogens with zero attached hydrogens (tertiary/aromatic N) is 3. The van der Waals surface area contributed by atoms with Crippen LogP contribution in [0, 0.1) is 10.1 Å². The van der Waals surface area contributed by atoms with Gasteiger partial charge in [0.1, 0.15) is 5.69 Å². The number of hydrogen-bond acceptors (Lipinski definition) is 8. The number of rotatable bonds is 14. The van der Waals surface area contributed by atoms with Crippen LogP contribution in [0.1, 0.15) is 5.56 Å². The van der Waals surface area contributed by atoms with Crippen LogP contribution in [0.15, 0.2) is 107 Å². The SMILES string of the molecule is C=CC(=C)CN1CCN(c2ccc(CNSc3ccc(NCCSc4ccccc4)c([N+](=O)[O-])c3)cc2)CC1. The van der Waals surface area contributed by atoms with Gasteiger partial charge in [-0.15, -0.1) is 11.8 Å². The molecule has 204 valence electrons. The molecule has 1 heterocycles. The Morgan fingerprint density at radius 2 is 1.74 bits per heavy atom. The summed E-state index contributed by atoms with van der Waals surface area (Å²) >= 11 is 3.12. The van der Waals surface area contributed by atoms with E-state index in [1.165, 1.54) is 22.5 Å². The summed E-state index contributed by atoms with van der Waals surface area (Å²) in [6.07, 6.45) is 1.83. The van der Waals surface area contributed by atoms with Crippen molar-refractivity contribution < 1.29 is 4.92 Å². The summed E-state index contributed by atoms with van der Waals surface area (Å²) in [5, 5.41) is 14.9. The fourth-order valence-electron chi connectivity index (χ4n) is 4.29. The number of nitro groups is 1. The largest absolute Gasteiger partial charge is 0.379 e. The molecule has 4 rings (SSSR count). The Labute approximate surface area is 239 Å². The van der Waals surface area contributed by atoms with E-state index in [-0.39, 0.29) is 10.6 Å². The molecule has 1 fully saturated rings. The zero-order valence-corrected chi connectivity index (χ0v) is 23.7. The van der Waals surface area contributed by atoms with E-state index in [0.29, 0.717) is 18.8 Å². The maximum Gasteiger partial charge on any atom is 0.293 e. The summed E-state index contributed by atoms with van der Waals surface area (Å²) in [6, 6.07) is 24.1. The molecule has 1 saturated heterocycles. The average Bonchev–Trinajstić information content (AvgIpc) is 2.97. The second-order valence-electron chi connectivity index (χ2n) is 9.24. The predicted octanol–water partition coefficient (Wildman–Crippen LogP) is 6.46. The highest BCUT2D eigenvalue weighted by molar-refractivity contribution is 7.99. The molecule has 0 atom stereocenters. The average molecular weight is 562 g/mol. The molecule has 0 aromatic heterocycles. The second-order valence-corrected chi connectivity index (χ2v) is 11.4. The van der Waals surface area contributed by atoms with Crippen molar-refractivity contribution in [2.45, 2.75) is 16.3 Å². The first-order valence-electron chi connectivity index (χ1n) is 13.0. The van der Waals surface area contributed by atoms with Crippen molar-refractivity contribution in [3.63, 3.8) is 0 Å². The fraction of sp³-hybridized carbons (Fsp3) is 0.267. The van der Waals surface area contributed by atoms with E-state index in [0.717, 1.165) is 54.5 Å². The van der Waals surface area contributed by atoms with E-state index >= 15 is 0 Å². The van der Waals surface area contributed by atoms with Crippen LogP contribution < -0.4 is 14.9 Å². The Bertz CT molecular complexity index is 1250. The van der Waals surface area contributed by atoms with Crippen LogP contribution >= 0.6 is 23.7 Å². The van der Waals surface area contributed by atoms with Crippen molar-refractivity contribution in [3.8, 4) is 0 Å². The smallest absolute Gasteiger partial charge is 0.293 e. The number of nitro benzene ring substituents is 1. The fourth-order valence-corrected chi connectivity index (χ4v) is 5.79. The van der Waals surface area contributed by atoms with Crippen LogP contribution in [0.4, 0.5) is 17.1 Å². The third-order valence-electron chi connectivity index (χ3n) is 6.45. The standard InChI is InChI=1S/C30H35N5O2S2/c1-3-24(2)23-33-16-18-34(19-17-33)26-11-9-25(10-12-26)22-32-39-28-13-14-29(30(21-28)35(36)37)31-15-20-38-27-7-5-4-6-8-27/h3-14,21,31-32H,1-2,15-20,22-23H2. The summed E-state index contributed by atoms with van der Waals surface area (Å²) in [6.45, 7) is 14.0. The zero-order chi connectivity index (χ0) is 27.5. The molecule has 3 aromatic rings. The monoisotopic (exact) mass is 561 g/mol. The van der Waals surface area contributed by atoms with Gasteiger partial charge in [-0.2, -0.15) is 0 Å². The molecule has 1 aliphatic heterocycles. The highest BCUT2D eigenvalue weighted by Crippen LogP contribution is 2.30. The Balaban J connectivity index is 1.22. The first-order valence-corrected chi connectivity index (χ1v) is 14.8. The first kappa shape index (κ1) is 28.8. The lowest BCUT2D eigenvalue weighted by molar-refractivity contribution is -0.384. The normalized spacial score (nSPS) is 13.7. The molecule has 0 bridgehead atoms. The van der Waals surface area contributed by atoms with Gasteiger partial charge in [-0.25, -0.2) is 0 Å². The third-order valence-corrected chi connectivity index (χ3v) is 8.24. The van der Waals surface area contributed by atoms with Crippen LogP contribution in [-0.4, -0.2) is 54.8 Å². The van der Waals surface area contributed by atoms with Crippen LogP contribution in [-0.2, 0) is 6.54 Å². The molecule has 0 amide bonds. The number of benzene rings is 3. The summed E-state index contributed by atoms with van der Waals surface area (Å²) < 4.78 is 3.34. The molecule has 2 N–H and O–H groups in total. The van der Waals surface area contributed by atoms with Crippen LogP contribution in [0.2, 0.25) is 0 Å². The minimum atomic E-state index is -0.328. The van der Waals surface area contributed by atoms with Crippen LogP contribution in [0.5, 0.6) is 0 Å². The molecule has 1 aliphatic rings. The van der Waals surface area contributed by atoms with Gasteiger partial charge < -0.3 is 10.2 Å². The van der Waals surface area contributed by atoms with Crippen molar-refractivity contribution in [1.29, 1.82) is 0 Å². The van der Waals surface area contributed by atoms with Crippen molar-refractivity contribution in [1.82, 2.24) is 9.62 Å². The Morgan fingerprint density at radius 3 is 2.44 bits per heavy atom. The Kier molecular flexibility index (Phi) is 10.9. The van der Waals surface area contributed by atoms with Crippen molar-refractivity contribution in [2.75, 3.05) is 55.2 Å². The highest BCUT2D eigenvalue weighted by Gasteiger charge is 2.17. The number of anilines is 2. The minimum absolute atomic E-state index is 0.0877. The van der Waals surface area contributed by atoms with Crippen molar-refractivity contribution in [3.05, 3.63) is 113 Å². The first-order chi connectivity index (χ1) is 19.0. The second kappa shape index (κ2) is 14.8. The molecule has 39 heavy (non-hydrogen) atoms. The molecule has 0 spiro atoms. The number of thioether (sulfide) groups is 1. The Morgan fingerprint density at radius 1 is 1.00 bits per heavy atom. The quantitative estimate of drug-likeness (QED) is 0.0580. The van der Waals surface area contributed by atoms with Crippen LogP contribution in [0.25, 0.3) is 0 Å². The third kappa shape index (κ3) is 8.90. The van der Waals surface area contributed by atoms with E-state index in [9.17, 15) is 10.1 Å². The van der Waals surface area contributed by atoms with Gasteiger partial charge in [0.2, 0.25) is 0 Å². The summed E-state index contributed by atoms with van der Waals surface area (Å²) in [4.78, 5) is 18.2. The lowest BCUT2D eigenvalue weighted by Crippen LogP contribution is -2.46. The van der Waals surface area contributed by atoms with Gasteiger partial charge >= 0.3 is 0 Å². The summed E-state index contributed by atoms with van der Waals surface area (Å²) in [7, 11) is 0. The number of nitrogens with one attached hydrogen (secondary N) is 2. The summed E-state index contributed by atoms with van der Waals surface area (Å²) in [5.41, 5.74) is 4.09. The highest BCUT2D eigenvalue weighted by atomic mass is 32.2. The van der Waals surface area contributed by atoms with E-state index in [2.05, 4.69) is 69.4 Å². The lowest BCUT2D eigenvalue weighted by atomic mass is 10.1. The maximum atomic E-state index is 11.7. The Hall–Kier alpha value is -3.24. The minimum Gasteiger partial charge on any atom is -0.379 e. The van der Waals surface area contributed by atoms with Crippen molar-refractivity contribution in [2.24, 2.45) is 0 Å².